The van der Waals surface area contributed by atoms with Crippen molar-refractivity contribution in [2.45, 2.75) is 90.4 Å². The second kappa shape index (κ2) is 8.38. The molecule has 0 amide bonds. The third-order valence-electron chi connectivity index (χ3n) is 5.43. The first kappa shape index (κ1) is 25.7. The molecule has 0 spiro atoms. The summed E-state index contributed by atoms with van der Waals surface area (Å²) >= 11 is 0. The Morgan fingerprint density at radius 1 is 0.778 bits per heavy atom. The van der Waals surface area contributed by atoms with E-state index in [9.17, 15) is 40.2 Å². The van der Waals surface area contributed by atoms with Crippen molar-refractivity contribution in [3.05, 3.63) is 0 Å². The number of carboxylic acid groups (broad SMARTS) is 1. The van der Waals surface area contributed by atoms with Gasteiger partial charge in [0.1, 0.15) is 0 Å². The van der Waals surface area contributed by atoms with Gasteiger partial charge in [0.05, 0.1) is 11.0 Å². The monoisotopic (exact) mass is 396 g/mol. The van der Waals surface area contributed by atoms with Crippen molar-refractivity contribution < 1.29 is 49.7 Å². The molecule has 160 valence electrons. The van der Waals surface area contributed by atoms with Crippen LogP contribution >= 0.6 is 0 Å². The second-order valence-corrected chi connectivity index (χ2v) is 7.15. The van der Waals surface area contributed by atoms with Crippen molar-refractivity contribution in [1.29, 1.82) is 0 Å². The van der Waals surface area contributed by atoms with E-state index in [1.54, 1.807) is 27.7 Å². The molecular weight excluding hydrogens is 364 g/mol. The average molecular weight is 396 g/mol. The van der Waals surface area contributed by atoms with Gasteiger partial charge in [-0.15, -0.1) is 0 Å². The molecule has 0 aromatic rings. The van der Waals surface area contributed by atoms with E-state index in [0.29, 0.717) is 0 Å². The molecule has 0 heterocycles. The largest absolute Gasteiger partial charge is 0.479 e. The predicted octanol–water partition coefficient (Wildman–Crippen LogP) is 0.0437. The van der Waals surface area contributed by atoms with E-state index in [0.717, 1.165) is 0 Å². The summed E-state index contributed by atoms with van der Waals surface area (Å²) in [5, 5.41) is 60.2. The molecule has 0 aromatic carbocycles. The summed E-state index contributed by atoms with van der Waals surface area (Å²) in [7, 11) is 0. The number of esters is 1. The lowest BCUT2D eigenvalue weighted by atomic mass is 9.84. The fraction of sp³-hybridized carbons (Fsp3) is 0.882. The van der Waals surface area contributed by atoms with Gasteiger partial charge in [-0.25, -0.2) is 4.79 Å². The van der Waals surface area contributed by atoms with Gasteiger partial charge in [-0.2, -0.15) is 0 Å². The van der Waals surface area contributed by atoms with Crippen molar-refractivity contribution in [3.63, 3.8) is 0 Å². The third-order valence-corrected chi connectivity index (χ3v) is 5.43. The Kier molecular flexibility index (Phi) is 7.97. The van der Waals surface area contributed by atoms with E-state index in [1.165, 1.54) is 13.8 Å². The number of carboxylic acids is 1. The van der Waals surface area contributed by atoms with Crippen molar-refractivity contribution >= 4 is 11.9 Å². The van der Waals surface area contributed by atoms with E-state index in [4.69, 9.17) is 4.74 Å². The molecule has 0 fully saturated rings. The summed E-state index contributed by atoms with van der Waals surface area (Å²) in [6.07, 6.45) is 0.728. The minimum Gasteiger partial charge on any atom is -0.479 e. The molecule has 0 aliphatic carbocycles. The van der Waals surface area contributed by atoms with E-state index >= 15 is 0 Å². The molecule has 0 aromatic heterocycles. The number of hydrogen-bond donors (Lipinski definition) is 6. The van der Waals surface area contributed by atoms with Gasteiger partial charge in [-0.3, -0.25) is 4.79 Å². The number of carbonyl (C=O) groups excluding carboxylic acids is 1. The molecule has 0 rings (SSSR count). The summed E-state index contributed by atoms with van der Waals surface area (Å²) in [6, 6.07) is 0. The Morgan fingerprint density at radius 2 is 1.19 bits per heavy atom. The maximum absolute atomic E-state index is 12.3. The Morgan fingerprint density at radius 3 is 1.48 bits per heavy atom. The first-order valence-corrected chi connectivity index (χ1v) is 8.81. The minimum absolute atomic E-state index is 0.162. The first-order chi connectivity index (χ1) is 12.0. The second-order valence-electron chi connectivity index (χ2n) is 7.15. The van der Waals surface area contributed by atoms with Gasteiger partial charge in [-0.1, -0.05) is 27.7 Å². The molecule has 0 saturated carbocycles. The molecule has 0 aliphatic heterocycles. The summed E-state index contributed by atoms with van der Waals surface area (Å²) in [6.45, 7) is 9.24. The summed E-state index contributed by atoms with van der Waals surface area (Å²) in [5.74, 6) is -12.0. The van der Waals surface area contributed by atoms with Crippen LogP contribution in [0.3, 0.4) is 0 Å². The van der Waals surface area contributed by atoms with Crippen LogP contribution in [0, 0.1) is 5.41 Å². The van der Waals surface area contributed by atoms with E-state index in [1.807, 2.05) is 0 Å². The highest BCUT2D eigenvalue weighted by atomic mass is 16.8. The Hall–Kier alpha value is -1.30. The van der Waals surface area contributed by atoms with Crippen LogP contribution in [0.5, 0.6) is 0 Å². The molecule has 0 radical (unpaired) electrons. The highest BCUT2D eigenvalue weighted by Gasteiger charge is 2.73. The Bertz CT molecular complexity index is 534. The standard InChI is InChI=1S/C17H32O10/c1-7-13(5,8-2)12(20)26-16(22,23)15(21,11(18)19)17(24,25)27-14(6,9-3)10-4/h21-25H,7-10H2,1-6H3,(H,18,19). The van der Waals surface area contributed by atoms with Gasteiger partial charge < -0.3 is 40.1 Å². The number of hydrogen-bond acceptors (Lipinski definition) is 9. The lowest BCUT2D eigenvalue weighted by Crippen LogP contribution is -2.75. The van der Waals surface area contributed by atoms with Crippen LogP contribution in [0.15, 0.2) is 0 Å². The number of aliphatic carboxylic acids is 1. The van der Waals surface area contributed by atoms with Crippen LogP contribution in [-0.2, 0) is 19.1 Å². The summed E-state index contributed by atoms with van der Waals surface area (Å²) < 4.78 is 9.35. The van der Waals surface area contributed by atoms with Crippen LogP contribution in [-0.4, -0.2) is 65.7 Å². The van der Waals surface area contributed by atoms with Gasteiger partial charge >= 0.3 is 29.5 Å². The fourth-order valence-corrected chi connectivity index (χ4v) is 2.17. The van der Waals surface area contributed by atoms with Gasteiger partial charge in [0.25, 0.3) is 0 Å². The molecule has 0 aliphatic rings. The Balaban J connectivity index is 6.10. The quantitative estimate of drug-likeness (QED) is 0.207. The van der Waals surface area contributed by atoms with Gasteiger partial charge in [0.15, 0.2) is 0 Å². The number of ether oxygens (including phenoxy) is 2. The first-order valence-electron chi connectivity index (χ1n) is 8.81. The summed E-state index contributed by atoms with van der Waals surface area (Å²) in [4.78, 5) is 23.9. The lowest BCUT2D eigenvalue weighted by molar-refractivity contribution is -0.501. The zero-order valence-corrected chi connectivity index (χ0v) is 16.6. The van der Waals surface area contributed by atoms with Crippen LogP contribution in [0.2, 0.25) is 0 Å². The normalized spacial score (nSPS) is 16.0. The molecule has 0 saturated heterocycles. The fourth-order valence-electron chi connectivity index (χ4n) is 2.17. The van der Waals surface area contributed by atoms with Gasteiger partial charge in [-0.05, 0) is 39.5 Å². The highest BCUT2D eigenvalue weighted by molar-refractivity contribution is 5.81. The summed E-state index contributed by atoms with van der Waals surface area (Å²) in [5.41, 5.74) is -6.80. The molecule has 1 atom stereocenters. The maximum Gasteiger partial charge on any atom is 0.375 e. The van der Waals surface area contributed by atoms with Crippen molar-refractivity contribution in [2.75, 3.05) is 0 Å². The third kappa shape index (κ3) is 4.76. The van der Waals surface area contributed by atoms with Crippen LogP contribution < -0.4 is 0 Å². The molecule has 10 nitrogen and oxygen atoms in total. The molecular formula is C17H32O10. The zero-order chi connectivity index (χ0) is 21.9. The molecule has 1 unspecified atom stereocenters. The van der Waals surface area contributed by atoms with Gasteiger partial charge in [0, 0.05) is 0 Å². The lowest BCUT2D eigenvalue weighted by Gasteiger charge is -2.45. The molecule has 10 heteroatoms. The smallest absolute Gasteiger partial charge is 0.375 e. The van der Waals surface area contributed by atoms with E-state index in [-0.39, 0.29) is 25.7 Å². The predicted molar refractivity (Wildman–Crippen MR) is 91.8 cm³/mol. The van der Waals surface area contributed by atoms with E-state index in [2.05, 4.69) is 4.74 Å². The number of carbonyl (C=O) groups is 2. The zero-order valence-electron chi connectivity index (χ0n) is 16.6. The van der Waals surface area contributed by atoms with Crippen molar-refractivity contribution in [3.8, 4) is 0 Å². The van der Waals surface area contributed by atoms with Crippen molar-refractivity contribution in [1.82, 2.24) is 0 Å². The van der Waals surface area contributed by atoms with Crippen LogP contribution in [0.25, 0.3) is 0 Å². The van der Waals surface area contributed by atoms with Crippen LogP contribution in [0.4, 0.5) is 0 Å². The number of aliphatic hydroxyl groups is 5. The topological polar surface area (TPSA) is 174 Å². The van der Waals surface area contributed by atoms with Crippen LogP contribution in [0.1, 0.15) is 67.2 Å². The Labute approximate surface area is 158 Å². The molecule has 6 N–H and O–H groups in total. The highest BCUT2D eigenvalue weighted by Crippen LogP contribution is 2.39. The van der Waals surface area contributed by atoms with Gasteiger partial charge in [0.2, 0.25) is 0 Å². The number of rotatable bonds is 11. The van der Waals surface area contributed by atoms with E-state index < -0.39 is 40.5 Å². The minimum atomic E-state index is -4.23. The average Bonchev–Trinajstić information content (AvgIpc) is 2.58. The SMILES string of the molecule is CCC(C)(CC)OC(O)(O)C(O)(C(=O)O)C(O)(O)OC(=O)C(C)(CC)CC. The molecule has 27 heavy (non-hydrogen) atoms. The molecule has 0 bridgehead atoms. The maximum atomic E-state index is 12.3. The van der Waals surface area contributed by atoms with Crippen molar-refractivity contribution in [2.24, 2.45) is 5.41 Å².